The number of likely N-dealkylation sites (N-methyl/N-ethyl adjacent to an activating group) is 1. The van der Waals surface area contributed by atoms with Gasteiger partial charge >= 0.3 is 6.03 Å². The van der Waals surface area contributed by atoms with Crippen LogP contribution in [0.2, 0.25) is 0 Å². The average Bonchev–Trinajstić information content (AvgIpc) is 3.72. The monoisotopic (exact) mass is 787 g/mol. The SMILES string of the molecule is C=C1CCC(N2Cc3cc(CN4CC(N5CCC(c6ccc(Nc7nc(N8CCC[C@@H](N9CCN(C)C9=O)C8)cnc7C(N)=O)cc6)CC5)C4)ccc3C2=O)C(=O)N1. The standard InChI is InChI=1S/C43H53N11O4/c1-27-5-12-36(41(56)46-27)54-23-31-20-28(6-11-35(31)42(54)57)22-50-24-34(25-50)51-16-13-30(14-17-51)29-7-9-32(10-8-29)47-40-38(39(44)55)45-21-37(48-40)52-15-3-4-33(26-52)53-19-18-49(2)43(53)58/h6-11,20-21,30,33-34,36H,1,3-5,12-19,22-26H2,2H3,(H2,44,55)(H,46,56)(H,47,48)/t33-,36?/m1/s1. The summed E-state index contributed by atoms with van der Waals surface area (Å²) in [7, 11) is 1.84. The maximum atomic E-state index is 13.2. The highest BCUT2D eigenvalue weighted by atomic mass is 16.2. The number of nitrogens with two attached hydrogens (primary N) is 1. The third kappa shape index (κ3) is 7.48. The summed E-state index contributed by atoms with van der Waals surface area (Å²) in [6.45, 7) is 12.3. The maximum Gasteiger partial charge on any atom is 0.320 e. The number of nitrogens with zero attached hydrogens (tertiary/aromatic N) is 8. The highest BCUT2D eigenvalue weighted by Gasteiger charge is 2.39. The largest absolute Gasteiger partial charge is 0.364 e. The first kappa shape index (κ1) is 38.0. The minimum atomic E-state index is -0.644. The van der Waals surface area contributed by atoms with Crippen LogP contribution < -0.4 is 21.3 Å². The fourth-order valence-corrected chi connectivity index (χ4v) is 9.76. The smallest absolute Gasteiger partial charge is 0.320 e. The fourth-order valence-electron chi connectivity index (χ4n) is 9.76. The van der Waals surface area contributed by atoms with Crippen molar-refractivity contribution in [1.29, 1.82) is 0 Å². The van der Waals surface area contributed by atoms with Crippen molar-refractivity contribution in [3.05, 3.63) is 88.9 Å². The lowest BCUT2D eigenvalue weighted by atomic mass is 9.88. The van der Waals surface area contributed by atoms with Gasteiger partial charge in [-0.15, -0.1) is 0 Å². The van der Waals surface area contributed by atoms with E-state index in [4.69, 9.17) is 10.7 Å². The van der Waals surface area contributed by atoms with Crippen molar-refractivity contribution >= 4 is 41.1 Å². The zero-order valence-corrected chi connectivity index (χ0v) is 33.2. The van der Waals surface area contributed by atoms with E-state index < -0.39 is 11.9 Å². The molecule has 304 valence electrons. The number of amides is 5. The molecule has 3 aromatic rings. The number of aromatic nitrogens is 2. The van der Waals surface area contributed by atoms with Crippen LogP contribution >= 0.6 is 0 Å². The van der Waals surface area contributed by atoms with Gasteiger partial charge in [-0.2, -0.15) is 0 Å². The third-order valence-corrected chi connectivity index (χ3v) is 13.1. The molecule has 0 saturated carbocycles. The number of urea groups is 1. The van der Waals surface area contributed by atoms with E-state index in [1.165, 1.54) is 11.1 Å². The number of nitrogens with one attached hydrogen (secondary N) is 2. The number of hydrogen-bond donors (Lipinski definition) is 3. The Kier molecular flexibility index (Phi) is 10.3. The summed E-state index contributed by atoms with van der Waals surface area (Å²) in [5, 5.41) is 6.13. The maximum absolute atomic E-state index is 13.2. The molecule has 0 spiro atoms. The van der Waals surface area contributed by atoms with Gasteiger partial charge in [0.05, 0.1) is 12.2 Å². The number of likely N-dealkylation sites (tertiary alicyclic amines) is 2. The molecule has 1 unspecified atom stereocenters. The Labute approximate surface area is 339 Å². The van der Waals surface area contributed by atoms with Crippen molar-refractivity contribution in [2.45, 2.75) is 75.7 Å². The van der Waals surface area contributed by atoms with Gasteiger partial charge in [0, 0.05) is 82.4 Å². The highest BCUT2D eigenvalue weighted by Crippen LogP contribution is 2.34. The molecule has 58 heavy (non-hydrogen) atoms. The second-order valence-electron chi connectivity index (χ2n) is 16.9. The van der Waals surface area contributed by atoms with Gasteiger partial charge in [0.2, 0.25) is 5.91 Å². The van der Waals surface area contributed by atoms with E-state index in [-0.39, 0.29) is 29.6 Å². The minimum absolute atomic E-state index is 0.0573. The van der Waals surface area contributed by atoms with Gasteiger partial charge in [0.25, 0.3) is 11.8 Å². The molecule has 15 heteroatoms. The topological polar surface area (TPSA) is 164 Å². The molecule has 5 fully saturated rings. The van der Waals surface area contributed by atoms with Crippen molar-refractivity contribution < 1.29 is 19.2 Å². The predicted molar refractivity (Wildman–Crippen MR) is 219 cm³/mol. The van der Waals surface area contributed by atoms with Crippen LogP contribution in [-0.2, 0) is 17.9 Å². The summed E-state index contributed by atoms with van der Waals surface area (Å²) in [4.78, 5) is 72.7. The van der Waals surface area contributed by atoms with E-state index in [0.717, 1.165) is 95.0 Å². The Morgan fingerprint density at radius 3 is 2.45 bits per heavy atom. The number of primary amides is 1. The van der Waals surface area contributed by atoms with Gasteiger partial charge < -0.3 is 36.0 Å². The molecule has 0 bridgehead atoms. The van der Waals surface area contributed by atoms with Crippen LogP contribution in [0.25, 0.3) is 0 Å². The Hall–Kier alpha value is -5.54. The van der Waals surface area contributed by atoms with Crippen LogP contribution in [0.4, 0.5) is 22.1 Å². The molecule has 2 aromatic carbocycles. The van der Waals surface area contributed by atoms with E-state index in [1.807, 2.05) is 30.1 Å². The predicted octanol–water partition coefficient (Wildman–Crippen LogP) is 3.47. The number of rotatable bonds is 10. The van der Waals surface area contributed by atoms with Crippen molar-refractivity contribution in [3.8, 4) is 0 Å². The molecule has 5 saturated heterocycles. The lowest BCUT2D eigenvalue weighted by molar-refractivity contribution is -0.126. The molecule has 1 aromatic heterocycles. The molecule has 5 amide bonds. The number of hydrogen-bond acceptors (Lipinski definition) is 10. The first-order valence-electron chi connectivity index (χ1n) is 20.8. The van der Waals surface area contributed by atoms with Gasteiger partial charge in [-0.05, 0) is 92.4 Å². The Morgan fingerprint density at radius 1 is 0.931 bits per heavy atom. The number of carbonyl (C=O) groups is 4. The molecular formula is C43H53N11O4. The molecule has 0 radical (unpaired) electrons. The highest BCUT2D eigenvalue weighted by molar-refractivity contribution is 6.01. The van der Waals surface area contributed by atoms with Gasteiger partial charge in [0.1, 0.15) is 11.9 Å². The second-order valence-corrected chi connectivity index (χ2v) is 16.9. The molecule has 9 rings (SSSR count). The number of anilines is 3. The fraction of sp³-hybridized carbons (Fsp3) is 0.488. The third-order valence-electron chi connectivity index (χ3n) is 13.1. The van der Waals surface area contributed by atoms with Crippen molar-refractivity contribution in [2.24, 2.45) is 5.73 Å². The quantitative estimate of drug-likeness (QED) is 0.278. The summed E-state index contributed by atoms with van der Waals surface area (Å²) in [6.07, 6.45) is 6.99. The molecule has 6 aliphatic rings. The van der Waals surface area contributed by atoms with Crippen LogP contribution in [-0.4, -0.2) is 136 Å². The Bertz CT molecular complexity index is 2110. The molecular weight excluding hydrogens is 735 g/mol. The van der Waals surface area contributed by atoms with E-state index >= 15 is 0 Å². The van der Waals surface area contributed by atoms with Crippen molar-refractivity contribution in [3.63, 3.8) is 0 Å². The van der Waals surface area contributed by atoms with Crippen LogP contribution in [0.3, 0.4) is 0 Å². The molecule has 0 aliphatic carbocycles. The first-order chi connectivity index (χ1) is 28.1. The number of carbonyl (C=O) groups excluding carboxylic acids is 4. The minimum Gasteiger partial charge on any atom is -0.364 e. The lowest BCUT2D eigenvalue weighted by Crippen LogP contribution is -2.60. The number of fused-ring (bicyclic) bond motifs is 1. The number of benzene rings is 2. The van der Waals surface area contributed by atoms with Crippen LogP contribution in [0.15, 0.2) is 60.9 Å². The Morgan fingerprint density at radius 2 is 1.72 bits per heavy atom. The number of allylic oxidation sites excluding steroid dienone is 1. The van der Waals surface area contributed by atoms with Gasteiger partial charge in [-0.1, -0.05) is 30.8 Å². The molecule has 4 N–H and O–H groups in total. The van der Waals surface area contributed by atoms with Gasteiger partial charge in [0.15, 0.2) is 11.5 Å². The van der Waals surface area contributed by atoms with E-state index in [1.54, 1.807) is 16.0 Å². The average molecular weight is 788 g/mol. The van der Waals surface area contributed by atoms with Crippen molar-refractivity contribution in [2.75, 3.05) is 69.6 Å². The summed E-state index contributed by atoms with van der Waals surface area (Å²) < 4.78 is 0. The zero-order chi connectivity index (χ0) is 40.1. The molecule has 6 aliphatic heterocycles. The van der Waals surface area contributed by atoms with Gasteiger partial charge in [-0.3, -0.25) is 24.2 Å². The normalized spacial score (nSPS) is 23.7. The summed E-state index contributed by atoms with van der Waals surface area (Å²) in [6, 6.07) is 14.8. The van der Waals surface area contributed by atoms with E-state index in [2.05, 4.69) is 61.2 Å². The van der Waals surface area contributed by atoms with Crippen LogP contribution in [0.5, 0.6) is 0 Å². The summed E-state index contributed by atoms with van der Waals surface area (Å²) in [5.74, 6) is 0.625. The van der Waals surface area contributed by atoms with E-state index in [9.17, 15) is 19.2 Å². The zero-order valence-electron chi connectivity index (χ0n) is 33.2. The number of piperidine rings is 3. The van der Waals surface area contributed by atoms with Crippen molar-refractivity contribution in [1.82, 2.24) is 39.8 Å². The van der Waals surface area contributed by atoms with Crippen LogP contribution in [0, 0.1) is 0 Å². The molecule has 7 heterocycles. The summed E-state index contributed by atoms with van der Waals surface area (Å²) in [5.41, 5.74) is 11.6. The van der Waals surface area contributed by atoms with Crippen LogP contribution in [0.1, 0.15) is 82.0 Å². The lowest BCUT2D eigenvalue weighted by Gasteiger charge is -2.48. The second kappa shape index (κ2) is 15.7. The van der Waals surface area contributed by atoms with E-state index in [0.29, 0.717) is 55.1 Å². The molecule has 2 atom stereocenters. The first-order valence-corrected chi connectivity index (χ1v) is 20.8. The van der Waals surface area contributed by atoms with Gasteiger partial charge in [-0.25, -0.2) is 14.8 Å². The Balaban J connectivity index is 0.755. The summed E-state index contributed by atoms with van der Waals surface area (Å²) >= 11 is 0. The molecule has 15 nitrogen and oxygen atoms in total.